The number of benzene rings is 1. The fourth-order valence-electron chi connectivity index (χ4n) is 2.83. The van der Waals surface area contributed by atoms with Crippen molar-refractivity contribution in [3.63, 3.8) is 0 Å². The van der Waals surface area contributed by atoms with Gasteiger partial charge in [-0.2, -0.15) is 4.98 Å². The van der Waals surface area contributed by atoms with E-state index < -0.39 is 11.5 Å². The summed E-state index contributed by atoms with van der Waals surface area (Å²) in [6, 6.07) is 6.69. The number of aromatic nitrogens is 2. The summed E-state index contributed by atoms with van der Waals surface area (Å²) in [5, 5.41) is 15.6. The molecule has 1 aromatic heterocycles. The minimum absolute atomic E-state index is 0.0634. The van der Waals surface area contributed by atoms with Crippen molar-refractivity contribution in [3.05, 3.63) is 41.5 Å². The first-order chi connectivity index (χ1) is 12.0. The Hall–Kier alpha value is -2.90. The molecule has 3 rings (SSSR count). The maximum atomic E-state index is 12.5. The van der Waals surface area contributed by atoms with Gasteiger partial charge in [0.05, 0.1) is 12.0 Å². The normalized spacial score (nSPS) is 15.2. The third-order valence-electron chi connectivity index (χ3n) is 4.21. The van der Waals surface area contributed by atoms with Gasteiger partial charge in [0.1, 0.15) is 5.75 Å². The fourth-order valence-corrected chi connectivity index (χ4v) is 2.83. The van der Waals surface area contributed by atoms with Crippen LogP contribution in [-0.2, 0) is 11.4 Å². The first-order valence-electron chi connectivity index (χ1n) is 8.02. The predicted octanol–water partition coefficient (Wildman–Crippen LogP) is 2.08. The zero-order chi connectivity index (χ0) is 17.9. The number of carbonyl (C=O) groups excluding carboxylic acids is 1. The van der Waals surface area contributed by atoms with Gasteiger partial charge in [-0.25, -0.2) is 0 Å². The average molecular weight is 345 g/mol. The van der Waals surface area contributed by atoms with Gasteiger partial charge in [0.25, 0.3) is 5.91 Å². The minimum atomic E-state index is -0.910. The number of aryl methyl sites for hydroxylation is 1. The Labute approximate surface area is 144 Å². The van der Waals surface area contributed by atoms with E-state index in [4.69, 9.17) is 14.4 Å². The lowest BCUT2D eigenvalue weighted by Gasteiger charge is -2.41. The molecule has 0 saturated heterocycles. The summed E-state index contributed by atoms with van der Waals surface area (Å²) in [6.07, 6.45) is 2.21. The first-order valence-corrected chi connectivity index (χ1v) is 8.02. The zero-order valence-electron chi connectivity index (χ0n) is 13.8. The highest BCUT2D eigenvalue weighted by Gasteiger charge is 2.40. The molecule has 1 aliphatic carbocycles. The highest BCUT2D eigenvalue weighted by molar-refractivity contribution is 5.95. The topological polar surface area (TPSA) is 115 Å². The summed E-state index contributed by atoms with van der Waals surface area (Å²) in [6.45, 7) is 1.82. The lowest BCUT2D eigenvalue weighted by Crippen LogP contribution is -2.54. The maximum absolute atomic E-state index is 12.5. The summed E-state index contributed by atoms with van der Waals surface area (Å²) >= 11 is 0. The molecule has 0 spiro atoms. The molecule has 2 N–H and O–H groups in total. The van der Waals surface area contributed by atoms with Crippen molar-refractivity contribution in [1.82, 2.24) is 15.5 Å². The molecule has 1 aliphatic rings. The van der Waals surface area contributed by atoms with E-state index in [1.165, 1.54) is 0 Å². The fraction of sp³-hybridized carbons (Fsp3) is 0.412. The van der Waals surface area contributed by atoms with E-state index in [0.717, 1.165) is 6.42 Å². The third-order valence-corrected chi connectivity index (χ3v) is 4.21. The molecule has 2 aromatic rings. The van der Waals surface area contributed by atoms with Gasteiger partial charge in [-0.05, 0) is 37.5 Å². The van der Waals surface area contributed by atoms with Crippen LogP contribution in [0.25, 0.3) is 0 Å². The molecule has 8 heteroatoms. The van der Waals surface area contributed by atoms with Crippen LogP contribution in [0.15, 0.2) is 28.8 Å². The molecule has 1 saturated carbocycles. The van der Waals surface area contributed by atoms with Crippen molar-refractivity contribution in [2.75, 3.05) is 0 Å². The maximum Gasteiger partial charge on any atom is 0.305 e. The number of hydrogen-bond donors (Lipinski definition) is 2. The van der Waals surface area contributed by atoms with Crippen molar-refractivity contribution in [3.8, 4) is 5.75 Å². The monoisotopic (exact) mass is 345 g/mol. The smallest absolute Gasteiger partial charge is 0.305 e. The zero-order valence-corrected chi connectivity index (χ0v) is 13.8. The summed E-state index contributed by atoms with van der Waals surface area (Å²) < 4.78 is 10.4. The molecule has 0 bridgehead atoms. The Morgan fingerprint density at radius 2 is 2.20 bits per heavy atom. The molecule has 0 aliphatic heterocycles. The summed E-state index contributed by atoms with van der Waals surface area (Å²) in [7, 11) is 0. The molecular weight excluding hydrogens is 326 g/mol. The number of hydrogen-bond acceptors (Lipinski definition) is 6. The van der Waals surface area contributed by atoms with Crippen molar-refractivity contribution < 1.29 is 24.0 Å². The average Bonchev–Trinajstić information content (AvgIpc) is 2.96. The summed E-state index contributed by atoms with van der Waals surface area (Å²) in [5.74, 6) is 0.156. The SMILES string of the molecule is Cc1nc(COc2cccc(C(=O)NC3(CC(=O)O)CCC3)c2)no1. The van der Waals surface area contributed by atoms with E-state index in [2.05, 4.69) is 15.5 Å². The Balaban J connectivity index is 1.64. The van der Waals surface area contributed by atoms with Crippen LogP contribution in [0.3, 0.4) is 0 Å². The number of carboxylic acids is 1. The summed E-state index contributed by atoms with van der Waals surface area (Å²) in [4.78, 5) is 27.5. The van der Waals surface area contributed by atoms with Crippen molar-refractivity contribution >= 4 is 11.9 Å². The lowest BCUT2D eigenvalue weighted by molar-refractivity contribution is -0.139. The van der Waals surface area contributed by atoms with E-state index in [-0.39, 0.29) is 18.9 Å². The van der Waals surface area contributed by atoms with Crippen LogP contribution in [-0.4, -0.2) is 32.7 Å². The number of carbonyl (C=O) groups is 2. The Morgan fingerprint density at radius 3 is 2.80 bits per heavy atom. The Bertz CT molecular complexity index is 782. The quantitative estimate of drug-likeness (QED) is 0.789. The molecule has 1 heterocycles. The molecule has 1 fully saturated rings. The molecule has 0 unspecified atom stereocenters. The molecule has 8 nitrogen and oxygen atoms in total. The van der Waals surface area contributed by atoms with Gasteiger partial charge in [0.2, 0.25) is 11.7 Å². The lowest BCUT2D eigenvalue weighted by atomic mass is 9.74. The standard InChI is InChI=1S/C17H19N3O5/c1-11-18-14(20-25-11)10-24-13-5-2-4-12(8-13)16(23)19-17(6-3-7-17)9-15(21)22/h2,4-5,8H,3,6-7,9-10H2,1H3,(H,19,23)(H,21,22). The molecule has 1 amide bonds. The molecule has 0 atom stereocenters. The van der Waals surface area contributed by atoms with E-state index in [1.807, 2.05) is 0 Å². The number of aliphatic carboxylic acids is 1. The number of ether oxygens (including phenoxy) is 1. The molecule has 25 heavy (non-hydrogen) atoms. The minimum Gasteiger partial charge on any atom is -0.485 e. The van der Waals surface area contributed by atoms with Crippen molar-refractivity contribution in [2.24, 2.45) is 0 Å². The predicted molar refractivity (Wildman–Crippen MR) is 86.1 cm³/mol. The highest BCUT2D eigenvalue weighted by atomic mass is 16.5. The Morgan fingerprint density at radius 1 is 1.40 bits per heavy atom. The first kappa shape index (κ1) is 16.9. The third kappa shape index (κ3) is 4.14. The second kappa shape index (κ2) is 6.92. The number of amides is 1. The van der Waals surface area contributed by atoms with E-state index in [1.54, 1.807) is 31.2 Å². The van der Waals surface area contributed by atoms with Crippen LogP contribution in [0.4, 0.5) is 0 Å². The van der Waals surface area contributed by atoms with Crippen LogP contribution in [0.2, 0.25) is 0 Å². The molecule has 132 valence electrons. The van der Waals surface area contributed by atoms with E-state index in [9.17, 15) is 9.59 Å². The van der Waals surface area contributed by atoms with Crippen LogP contribution >= 0.6 is 0 Å². The second-order valence-electron chi connectivity index (χ2n) is 6.20. The van der Waals surface area contributed by atoms with Crippen LogP contribution in [0, 0.1) is 6.92 Å². The van der Waals surface area contributed by atoms with Crippen LogP contribution < -0.4 is 10.1 Å². The second-order valence-corrected chi connectivity index (χ2v) is 6.20. The van der Waals surface area contributed by atoms with Gasteiger partial charge < -0.3 is 19.7 Å². The van der Waals surface area contributed by atoms with Gasteiger partial charge in [-0.15, -0.1) is 0 Å². The van der Waals surface area contributed by atoms with Gasteiger partial charge in [-0.1, -0.05) is 11.2 Å². The number of rotatable bonds is 7. The van der Waals surface area contributed by atoms with Crippen LogP contribution in [0.5, 0.6) is 5.75 Å². The van der Waals surface area contributed by atoms with Gasteiger partial charge >= 0.3 is 5.97 Å². The molecule has 1 aromatic carbocycles. The number of nitrogens with zero attached hydrogens (tertiary/aromatic N) is 2. The van der Waals surface area contributed by atoms with Gasteiger partial charge in [0, 0.05) is 12.5 Å². The van der Waals surface area contributed by atoms with Crippen molar-refractivity contribution in [1.29, 1.82) is 0 Å². The highest BCUT2D eigenvalue weighted by Crippen LogP contribution is 2.35. The number of carboxylic acid groups (broad SMARTS) is 1. The Kier molecular flexibility index (Phi) is 4.69. The van der Waals surface area contributed by atoms with E-state index in [0.29, 0.717) is 35.9 Å². The van der Waals surface area contributed by atoms with Crippen LogP contribution in [0.1, 0.15) is 47.8 Å². The van der Waals surface area contributed by atoms with E-state index >= 15 is 0 Å². The van der Waals surface area contributed by atoms with Crippen molar-refractivity contribution in [2.45, 2.75) is 44.8 Å². The van der Waals surface area contributed by atoms with Gasteiger partial charge in [-0.3, -0.25) is 9.59 Å². The van der Waals surface area contributed by atoms with Gasteiger partial charge in [0.15, 0.2) is 6.61 Å². The summed E-state index contributed by atoms with van der Waals surface area (Å²) in [5.41, 5.74) is -0.222. The number of nitrogens with one attached hydrogen (secondary N) is 1. The largest absolute Gasteiger partial charge is 0.485 e. The molecule has 0 radical (unpaired) electrons. The molecular formula is C17H19N3O5.